The lowest BCUT2D eigenvalue weighted by molar-refractivity contribution is -0.434. The Morgan fingerprint density at radius 2 is 1.42 bits per heavy atom. The number of nitro groups is 1. The van der Waals surface area contributed by atoms with E-state index < -0.39 is 58.7 Å². The number of hydrogen-bond acceptors (Lipinski definition) is 25. The lowest BCUT2D eigenvalue weighted by Gasteiger charge is -2.13. The first-order valence-electron chi connectivity index (χ1n) is 17.3. The zero-order valence-electron chi connectivity index (χ0n) is 31.9. The summed E-state index contributed by atoms with van der Waals surface area (Å²) in [6.45, 7) is -0.469. The van der Waals surface area contributed by atoms with Crippen molar-refractivity contribution in [3.05, 3.63) is 112 Å². The van der Waals surface area contributed by atoms with Gasteiger partial charge in [-0.2, -0.15) is 33.6 Å². The van der Waals surface area contributed by atoms with Crippen LogP contribution in [0.25, 0.3) is 10.8 Å². The monoisotopic (exact) mass is 992 g/mol. The van der Waals surface area contributed by atoms with Crippen molar-refractivity contribution >= 4 is 124 Å². The average Bonchev–Trinajstić information content (AvgIpc) is 3.27. The highest BCUT2D eigenvalue weighted by Crippen LogP contribution is 2.38. The van der Waals surface area contributed by atoms with Gasteiger partial charge in [0.25, 0.3) is 15.8 Å². The minimum atomic E-state index is -5.07. The van der Waals surface area contributed by atoms with E-state index >= 15 is 0 Å². The number of rotatable bonds is 21. The van der Waals surface area contributed by atoms with E-state index in [0.717, 1.165) is 12.1 Å². The van der Waals surface area contributed by atoms with Gasteiger partial charge < -0.3 is 15.7 Å². The molecule has 0 unspecified atom stereocenters. The first kappa shape index (κ1) is 48.1. The van der Waals surface area contributed by atoms with E-state index in [-0.39, 0.29) is 63.5 Å². The average molecular weight is 993 g/mol. The van der Waals surface area contributed by atoms with E-state index in [1.807, 2.05) is 0 Å². The number of halogens is 1. The van der Waals surface area contributed by atoms with Gasteiger partial charge in [-0.1, -0.05) is 16.1 Å². The molecule has 1 aromatic heterocycles. The molecular formula is C34H25ClN10O16S4. The van der Waals surface area contributed by atoms with E-state index in [1.165, 1.54) is 60.7 Å². The fourth-order valence-electron chi connectivity index (χ4n) is 5.37. The molecule has 0 aliphatic rings. The van der Waals surface area contributed by atoms with E-state index in [2.05, 4.69) is 64.8 Å². The number of nitrogens with zero attached hydrogens (tertiary/aromatic N) is 8. The number of aromatic nitrogens is 3. The number of carboxylic acids is 1. The third-order valence-electron chi connectivity index (χ3n) is 8.18. The summed E-state index contributed by atoms with van der Waals surface area (Å²) < 4.78 is 73.8. The highest BCUT2D eigenvalue weighted by atomic mass is 35.5. The SMILES string of the molecule is O=C(O)c1cc(N=Nc2ccc([N+](=O)[O-])cc2)ccc1Nc1nc(Cl)nc(Nc2ccc(N=Nc3ccc(S(=O)(=O)CCOSOOO)cc3S(=O)(=O)O)c3ccc(SOOO)cc23)n1. The Kier molecular flexibility index (Phi) is 15.9. The topological polar surface area (TPSA) is 368 Å². The molecule has 6 aromatic rings. The van der Waals surface area contributed by atoms with Crippen LogP contribution in [-0.2, 0) is 42.9 Å². The molecule has 0 fully saturated rings. The fraction of sp³-hybridized carbons (Fsp3) is 0.0588. The van der Waals surface area contributed by atoms with Gasteiger partial charge in [0, 0.05) is 33.5 Å². The van der Waals surface area contributed by atoms with Crippen molar-refractivity contribution in [2.24, 2.45) is 20.5 Å². The lowest BCUT2D eigenvalue weighted by atomic mass is 10.1. The third-order valence-corrected chi connectivity index (χ3v) is 11.9. The Hall–Kier alpha value is -6.39. The highest BCUT2D eigenvalue weighted by molar-refractivity contribution is 7.94. The van der Waals surface area contributed by atoms with Crippen molar-refractivity contribution in [1.82, 2.24) is 15.0 Å². The number of nitro benzene ring substituents is 1. The largest absolute Gasteiger partial charge is 0.478 e. The summed E-state index contributed by atoms with van der Waals surface area (Å²) in [5.74, 6) is -2.36. The van der Waals surface area contributed by atoms with E-state index in [9.17, 15) is 41.4 Å². The van der Waals surface area contributed by atoms with E-state index in [1.54, 1.807) is 12.1 Å². The van der Waals surface area contributed by atoms with Gasteiger partial charge in [-0.15, -0.1) is 18.9 Å². The molecule has 0 saturated carbocycles. The molecule has 26 nitrogen and oxygen atoms in total. The van der Waals surface area contributed by atoms with Crippen LogP contribution in [0, 0.1) is 10.1 Å². The summed E-state index contributed by atoms with van der Waals surface area (Å²) in [6.07, 6.45) is 0. The number of anilines is 4. The molecule has 0 aliphatic carbocycles. The van der Waals surface area contributed by atoms with Crippen LogP contribution in [0.15, 0.2) is 126 Å². The van der Waals surface area contributed by atoms with Gasteiger partial charge in [0.05, 0.1) is 62.5 Å². The highest BCUT2D eigenvalue weighted by Gasteiger charge is 2.23. The molecular weight excluding hydrogens is 968 g/mol. The summed E-state index contributed by atoms with van der Waals surface area (Å²) >= 11 is 7.01. The maximum atomic E-state index is 12.8. The Balaban J connectivity index is 1.28. The molecule has 0 saturated heterocycles. The summed E-state index contributed by atoms with van der Waals surface area (Å²) in [4.78, 5) is 34.1. The van der Waals surface area contributed by atoms with Crippen molar-refractivity contribution in [2.75, 3.05) is 23.0 Å². The van der Waals surface area contributed by atoms with Crippen LogP contribution in [0.1, 0.15) is 10.4 Å². The molecule has 338 valence electrons. The van der Waals surface area contributed by atoms with Gasteiger partial charge in [0.2, 0.25) is 17.2 Å². The first-order valence-corrected chi connectivity index (χ1v) is 22.2. The summed E-state index contributed by atoms with van der Waals surface area (Å²) in [6, 6.07) is 19.6. The molecule has 6 N–H and O–H groups in total. The van der Waals surface area contributed by atoms with Crippen molar-refractivity contribution in [1.29, 1.82) is 0 Å². The van der Waals surface area contributed by atoms with Crippen LogP contribution in [0.5, 0.6) is 0 Å². The zero-order valence-corrected chi connectivity index (χ0v) is 35.9. The number of benzene rings is 5. The molecule has 0 radical (unpaired) electrons. The number of fused-ring (bicyclic) bond motifs is 1. The molecule has 6 rings (SSSR count). The zero-order chi connectivity index (χ0) is 46.7. The number of hydrogen-bond donors (Lipinski definition) is 6. The number of aromatic carboxylic acids is 1. The van der Waals surface area contributed by atoms with Gasteiger partial charge in [-0.05, 0) is 84.4 Å². The van der Waals surface area contributed by atoms with Gasteiger partial charge in [-0.25, -0.2) is 23.7 Å². The molecule has 1 heterocycles. The van der Waals surface area contributed by atoms with E-state index in [0.29, 0.717) is 39.5 Å². The molecule has 31 heteroatoms. The van der Waals surface area contributed by atoms with Crippen LogP contribution in [0.4, 0.5) is 51.7 Å². The summed E-state index contributed by atoms with van der Waals surface area (Å²) in [7, 11) is -9.25. The minimum Gasteiger partial charge on any atom is -0.478 e. The Morgan fingerprint density at radius 1 is 0.769 bits per heavy atom. The minimum absolute atomic E-state index is 0.0203. The summed E-state index contributed by atoms with van der Waals surface area (Å²) in [5.41, 5.74) is -0.00222. The van der Waals surface area contributed by atoms with Crippen LogP contribution >= 0.6 is 36.0 Å². The second-order valence-electron chi connectivity index (χ2n) is 12.2. The molecule has 0 aliphatic heterocycles. The predicted octanol–water partition coefficient (Wildman–Crippen LogP) is 9.05. The third kappa shape index (κ3) is 12.9. The number of carbonyl (C=O) groups is 1. The first-order chi connectivity index (χ1) is 31.0. The maximum Gasteiger partial charge on any atom is 0.337 e. The predicted molar refractivity (Wildman–Crippen MR) is 228 cm³/mol. The van der Waals surface area contributed by atoms with Crippen LogP contribution in [0.3, 0.4) is 0 Å². The van der Waals surface area contributed by atoms with Crippen molar-refractivity contribution in [3.8, 4) is 0 Å². The Bertz CT molecular complexity index is 3050. The smallest absolute Gasteiger partial charge is 0.337 e. The molecule has 0 spiro atoms. The number of azo groups is 2. The van der Waals surface area contributed by atoms with Crippen LogP contribution in [0.2, 0.25) is 5.28 Å². The normalized spacial score (nSPS) is 12.0. The molecule has 0 amide bonds. The fourth-order valence-corrected chi connectivity index (χ4v) is 8.08. The van der Waals surface area contributed by atoms with Crippen LogP contribution < -0.4 is 10.6 Å². The molecule has 65 heavy (non-hydrogen) atoms. The molecule has 0 bridgehead atoms. The van der Waals surface area contributed by atoms with Gasteiger partial charge in [0.15, 0.2) is 22.2 Å². The van der Waals surface area contributed by atoms with Crippen molar-refractivity contribution in [3.63, 3.8) is 0 Å². The number of nitrogens with one attached hydrogen (secondary N) is 2. The van der Waals surface area contributed by atoms with E-state index in [4.69, 9.17) is 26.3 Å². The van der Waals surface area contributed by atoms with Crippen molar-refractivity contribution in [2.45, 2.75) is 14.7 Å². The summed E-state index contributed by atoms with van der Waals surface area (Å²) in [5, 5.41) is 67.1. The Morgan fingerprint density at radius 3 is 2.09 bits per heavy atom. The Labute approximate surface area is 377 Å². The number of sulfone groups is 1. The standard InChI is InChI=1S/C34H25ClN10O16S4/c35-32-38-33(40-34(39-32)37-27-9-3-19(15-25(27)31(46)47)42-41-18-1-4-20(5-2-18)45(48)49)36-26-11-12-28(23-8-6-21(16-24(23)26)62-60-58-50)43-44-29-10-7-22(17-30(29)65(54,55)56)64(52,53)14-13-57-63-61-59-51/h1-12,15-17,50-51H,13-14H2,(H,46,47)(H,54,55,56)(H2,36,37,38,39,40). The maximum absolute atomic E-state index is 12.8. The number of non-ortho nitro benzene ring substituents is 1. The van der Waals surface area contributed by atoms with Crippen LogP contribution in [-0.4, -0.2) is 75.2 Å². The second-order valence-corrected chi connectivity index (χ2v) is 17.4. The molecule has 0 atom stereocenters. The second kappa shape index (κ2) is 21.5. The van der Waals surface area contributed by atoms with Crippen molar-refractivity contribution < 1.29 is 69.7 Å². The van der Waals surface area contributed by atoms with Gasteiger partial charge >= 0.3 is 5.97 Å². The quantitative estimate of drug-likeness (QED) is 0.00744. The lowest BCUT2D eigenvalue weighted by Crippen LogP contribution is -2.12. The molecule has 5 aromatic carbocycles. The van der Waals surface area contributed by atoms with Gasteiger partial charge in [-0.3, -0.25) is 18.9 Å². The van der Waals surface area contributed by atoms with Gasteiger partial charge in [0.1, 0.15) is 10.6 Å². The number of carboxylic acid groups (broad SMARTS) is 1.